The fourth-order valence-electron chi connectivity index (χ4n) is 2.12. The van der Waals surface area contributed by atoms with Crippen molar-refractivity contribution >= 4 is 5.78 Å². The lowest BCUT2D eigenvalue weighted by atomic mass is 10.1. The number of carbonyl (C=O) groups excluding carboxylic acids is 1. The standard InChI is InChI=1S/C17H21NO3/c1-3-6-15(19)14-9-10-18(13-14)11-12-21-17-8-5-4-7-16(17)20-2/h4-5,7-10,13H,3,6,11-12H2,1-2H3. The smallest absolute Gasteiger partial charge is 0.164 e. The zero-order chi connectivity index (χ0) is 15.1. The Morgan fingerprint density at radius 1 is 1.19 bits per heavy atom. The Kier molecular flexibility index (Phi) is 5.43. The number of hydrogen-bond acceptors (Lipinski definition) is 3. The third-order valence-corrected chi connectivity index (χ3v) is 3.23. The van der Waals surface area contributed by atoms with Crippen molar-refractivity contribution in [3.05, 3.63) is 48.3 Å². The molecule has 0 aliphatic rings. The lowest BCUT2D eigenvalue weighted by Gasteiger charge is -2.10. The van der Waals surface area contributed by atoms with E-state index in [0.717, 1.165) is 23.5 Å². The average Bonchev–Trinajstić information content (AvgIpc) is 2.97. The Morgan fingerprint density at radius 3 is 2.67 bits per heavy atom. The molecule has 0 radical (unpaired) electrons. The number of ketones is 1. The van der Waals surface area contributed by atoms with Crippen LogP contribution in [0.3, 0.4) is 0 Å². The third-order valence-electron chi connectivity index (χ3n) is 3.23. The van der Waals surface area contributed by atoms with E-state index in [0.29, 0.717) is 19.6 Å². The Labute approximate surface area is 125 Å². The highest BCUT2D eigenvalue weighted by molar-refractivity contribution is 5.95. The van der Waals surface area contributed by atoms with Gasteiger partial charge in [-0.1, -0.05) is 19.1 Å². The molecule has 112 valence electrons. The molecule has 2 aromatic rings. The van der Waals surface area contributed by atoms with Crippen molar-refractivity contribution in [3.8, 4) is 11.5 Å². The molecular formula is C17H21NO3. The van der Waals surface area contributed by atoms with Crippen LogP contribution in [0.15, 0.2) is 42.7 Å². The number of hydrogen-bond donors (Lipinski definition) is 0. The molecule has 0 amide bonds. The first-order chi connectivity index (χ1) is 10.2. The summed E-state index contributed by atoms with van der Waals surface area (Å²) in [7, 11) is 1.62. The van der Waals surface area contributed by atoms with Crippen molar-refractivity contribution in [1.29, 1.82) is 0 Å². The van der Waals surface area contributed by atoms with Gasteiger partial charge >= 0.3 is 0 Å². The number of rotatable bonds is 8. The predicted octanol–water partition coefficient (Wildman–Crippen LogP) is 3.56. The summed E-state index contributed by atoms with van der Waals surface area (Å²) in [4.78, 5) is 11.8. The van der Waals surface area contributed by atoms with Crippen LogP contribution in [0.1, 0.15) is 30.1 Å². The first kappa shape index (κ1) is 15.2. The molecule has 21 heavy (non-hydrogen) atoms. The molecule has 0 atom stereocenters. The first-order valence-corrected chi connectivity index (χ1v) is 7.19. The van der Waals surface area contributed by atoms with Crippen molar-refractivity contribution in [2.45, 2.75) is 26.3 Å². The van der Waals surface area contributed by atoms with Crippen molar-refractivity contribution < 1.29 is 14.3 Å². The van der Waals surface area contributed by atoms with Crippen LogP contribution < -0.4 is 9.47 Å². The fraction of sp³-hybridized carbons (Fsp3) is 0.353. The normalized spacial score (nSPS) is 10.4. The summed E-state index contributed by atoms with van der Waals surface area (Å²) in [5.74, 6) is 1.65. The highest BCUT2D eigenvalue weighted by Gasteiger charge is 2.07. The topological polar surface area (TPSA) is 40.5 Å². The minimum Gasteiger partial charge on any atom is -0.493 e. The Hall–Kier alpha value is -2.23. The Morgan fingerprint density at radius 2 is 1.95 bits per heavy atom. The molecule has 1 heterocycles. The van der Waals surface area contributed by atoms with E-state index < -0.39 is 0 Å². The molecule has 0 unspecified atom stereocenters. The molecule has 0 saturated carbocycles. The number of aromatic nitrogens is 1. The summed E-state index contributed by atoms with van der Waals surface area (Å²) in [6.07, 6.45) is 5.26. The molecule has 0 aliphatic heterocycles. The molecule has 2 rings (SSSR count). The SMILES string of the molecule is CCCC(=O)c1ccn(CCOc2ccccc2OC)c1. The van der Waals surface area contributed by atoms with Crippen LogP contribution >= 0.6 is 0 Å². The number of Topliss-reactive ketones (excluding diaryl/α,β-unsaturated/α-hetero) is 1. The minimum atomic E-state index is 0.196. The van der Waals surface area contributed by atoms with Crippen LogP contribution in [0.25, 0.3) is 0 Å². The van der Waals surface area contributed by atoms with E-state index in [1.165, 1.54) is 0 Å². The number of carbonyl (C=O) groups is 1. The zero-order valence-corrected chi connectivity index (χ0v) is 12.5. The molecule has 0 bridgehead atoms. The molecule has 0 N–H and O–H groups in total. The number of ether oxygens (including phenoxy) is 2. The molecular weight excluding hydrogens is 266 g/mol. The monoisotopic (exact) mass is 287 g/mol. The van der Waals surface area contributed by atoms with Gasteiger partial charge in [0.15, 0.2) is 17.3 Å². The molecule has 0 fully saturated rings. The second-order valence-electron chi connectivity index (χ2n) is 4.81. The highest BCUT2D eigenvalue weighted by Crippen LogP contribution is 2.25. The Bertz CT molecular complexity index is 589. The van der Waals surface area contributed by atoms with Gasteiger partial charge in [0.1, 0.15) is 6.61 Å². The summed E-state index contributed by atoms with van der Waals surface area (Å²) in [6.45, 7) is 3.23. The fourth-order valence-corrected chi connectivity index (χ4v) is 2.12. The summed E-state index contributed by atoms with van der Waals surface area (Å²) >= 11 is 0. The van der Waals surface area contributed by atoms with Gasteiger partial charge in [-0.3, -0.25) is 4.79 Å². The van der Waals surface area contributed by atoms with Gasteiger partial charge in [-0.25, -0.2) is 0 Å². The maximum Gasteiger partial charge on any atom is 0.164 e. The molecule has 0 spiro atoms. The van der Waals surface area contributed by atoms with Crippen molar-refractivity contribution in [2.75, 3.05) is 13.7 Å². The second-order valence-corrected chi connectivity index (χ2v) is 4.81. The highest BCUT2D eigenvalue weighted by atomic mass is 16.5. The molecule has 0 aliphatic carbocycles. The molecule has 4 nitrogen and oxygen atoms in total. The number of methoxy groups -OCH3 is 1. The van der Waals surface area contributed by atoms with Crippen LogP contribution in [-0.4, -0.2) is 24.1 Å². The summed E-state index contributed by atoms with van der Waals surface area (Å²) in [5.41, 5.74) is 0.772. The van der Waals surface area contributed by atoms with Crippen LogP contribution in [0.4, 0.5) is 0 Å². The summed E-state index contributed by atoms with van der Waals surface area (Å²) in [5, 5.41) is 0. The van der Waals surface area contributed by atoms with E-state index in [9.17, 15) is 4.79 Å². The quantitative estimate of drug-likeness (QED) is 0.697. The van der Waals surface area contributed by atoms with Crippen LogP contribution in [0.2, 0.25) is 0 Å². The van der Waals surface area contributed by atoms with E-state index in [1.807, 2.05) is 54.2 Å². The summed E-state index contributed by atoms with van der Waals surface area (Å²) in [6, 6.07) is 9.43. The van der Waals surface area contributed by atoms with E-state index in [1.54, 1.807) is 7.11 Å². The van der Waals surface area contributed by atoms with E-state index in [4.69, 9.17) is 9.47 Å². The van der Waals surface area contributed by atoms with Crippen LogP contribution in [0.5, 0.6) is 11.5 Å². The first-order valence-electron chi connectivity index (χ1n) is 7.19. The maximum absolute atomic E-state index is 11.8. The van der Waals surface area contributed by atoms with E-state index in [-0.39, 0.29) is 5.78 Å². The van der Waals surface area contributed by atoms with E-state index in [2.05, 4.69) is 0 Å². The maximum atomic E-state index is 11.8. The van der Waals surface area contributed by atoms with Gasteiger partial charge < -0.3 is 14.0 Å². The number of benzene rings is 1. The lowest BCUT2D eigenvalue weighted by molar-refractivity contribution is 0.0981. The third kappa shape index (κ3) is 4.12. The number of para-hydroxylation sites is 2. The van der Waals surface area contributed by atoms with Crippen molar-refractivity contribution in [2.24, 2.45) is 0 Å². The predicted molar refractivity (Wildman–Crippen MR) is 82.2 cm³/mol. The minimum absolute atomic E-state index is 0.196. The van der Waals surface area contributed by atoms with Gasteiger partial charge in [-0.05, 0) is 24.6 Å². The van der Waals surface area contributed by atoms with Gasteiger partial charge in [0.05, 0.1) is 13.7 Å². The molecule has 1 aromatic carbocycles. The van der Waals surface area contributed by atoms with Crippen molar-refractivity contribution in [1.82, 2.24) is 4.57 Å². The van der Waals surface area contributed by atoms with Crippen LogP contribution in [0, 0.1) is 0 Å². The zero-order valence-electron chi connectivity index (χ0n) is 12.5. The second kappa shape index (κ2) is 7.53. The van der Waals surface area contributed by atoms with Gasteiger partial charge in [-0.2, -0.15) is 0 Å². The van der Waals surface area contributed by atoms with Crippen molar-refractivity contribution in [3.63, 3.8) is 0 Å². The Balaban J connectivity index is 1.87. The van der Waals surface area contributed by atoms with Gasteiger partial charge in [-0.15, -0.1) is 0 Å². The average molecular weight is 287 g/mol. The lowest BCUT2D eigenvalue weighted by Crippen LogP contribution is -2.07. The number of nitrogens with zero attached hydrogens (tertiary/aromatic N) is 1. The van der Waals surface area contributed by atoms with Gasteiger partial charge in [0.2, 0.25) is 0 Å². The van der Waals surface area contributed by atoms with Crippen LogP contribution in [-0.2, 0) is 6.54 Å². The van der Waals surface area contributed by atoms with Gasteiger partial charge in [0.25, 0.3) is 0 Å². The largest absolute Gasteiger partial charge is 0.493 e. The van der Waals surface area contributed by atoms with E-state index >= 15 is 0 Å². The molecule has 4 heteroatoms. The molecule has 1 aromatic heterocycles. The van der Waals surface area contributed by atoms with Gasteiger partial charge in [0, 0.05) is 24.4 Å². The molecule has 0 saturated heterocycles. The summed E-state index contributed by atoms with van der Waals surface area (Å²) < 4.78 is 12.9.